The fraction of sp³-hybridized carbons (Fsp3) is 0.333. The number of ether oxygens (including phenoxy) is 1. The molecule has 1 atom stereocenters. The smallest absolute Gasteiger partial charge is 0.119 e. The Morgan fingerprint density at radius 3 is 2.38 bits per heavy atom. The quantitative estimate of drug-likeness (QED) is 0.605. The lowest BCUT2D eigenvalue weighted by Gasteiger charge is -2.17. The van der Waals surface area contributed by atoms with E-state index in [1.807, 2.05) is 19.1 Å². The van der Waals surface area contributed by atoms with Crippen LogP contribution in [0.1, 0.15) is 36.6 Å². The summed E-state index contributed by atoms with van der Waals surface area (Å²) in [7, 11) is 0. The lowest BCUT2D eigenvalue weighted by atomic mass is 9.98. The van der Waals surface area contributed by atoms with Crippen LogP contribution in [0.25, 0.3) is 0 Å². The maximum Gasteiger partial charge on any atom is 0.119 e. The van der Waals surface area contributed by atoms with Gasteiger partial charge in [0.2, 0.25) is 0 Å². The van der Waals surface area contributed by atoms with Gasteiger partial charge < -0.3 is 4.74 Å². The van der Waals surface area contributed by atoms with E-state index in [0.717, 1.165) is 24.2 Å². The van der Waals surface area contributed by atoms with Gasteiger partial charge >= 0.3 is 0 Å². The molecule has 1 unspecified atom stereocenters. The maximum absolute atomic E-state index is 5.74. The highest BCUT2D eigenvalue weighted by molar-refractivity contribution is 5.32. The van der Waals surface area contributed by atoms with E-state index in [9.17, 15) is 0 Å². The number of hydrogen-bond acceptors (Lipinski definition) is 3. The van der Waals surface area contributed by atoms with Crippen LogP contribution in [-0.4, -0.2) is 6.61 Å². The summed E-state index contributed by atoms with van der Waals surface area (Å²) in [4.78, 5) is 0. The monoisotopic (exact) mass is 284 g/mol. The Morgan fingerprint density at radius 1 is 1.05 bits per heavy atom. The van der Waals surface area contributed by atoms with Crippen molar-refractivity contribution in [2.45, 2.75) is 32.7 Å². The van der Waals surface area contributed by atoms with E-state index in [2.05, 4.69) is 48.7 Å². The molecule has 3 heteroatoms. The average molecular weight is 284 g/mol. The molecule has 112 valence electrons. The minimum atomic E-state index is 0.0814. The lowest BCUT2D eigenvalue weighted by Crippen LogP contribution is -2.29. The molecule has 2 aromatic carbocycles. The predicted octanol–water partition coefficient (Wildman–Crippen LogP) is 3.39. The summed E-state index contributed by atoms with van der Waals surface area (Å²) in [5, 5.41) is 0. The van der Waals surface area contributed by atoms with Crippen LogP contribution in [0.15, 0.2) is 48.5 Å². The van der Waals surface area contributed by atoms with Gasteiger partial charge in [-0.05, 0) is 48.6 Å². The highest BCUT2D eigenvalue weighted by atomic mass is 16.5. The third-order valence-corrected chi connectivity index (χ3v) is 3.64. The first-order valence-corrected chi connectivity index (χ1v) is 7.53. The van der Waals surface area contributed by atoms with Crippen LogP contribution in [0.4, 0.5) is 0 Å². The van der Waals surface area contributed by atoms with Crippen LogP contribution in [0, 0.1) is 0 Å². The molecule has 0 saturated carbocycles. The Labute approximate surface area is 127 Å². The van der Waals surface area contributed by atoms with Gasteiger partial charge in [-0.1, -0.05) is 43.3 Å². The first kappa shape index (κ1) is 15.5. The molecule has 0 aliphatic heterocycles. The van der Waals surface area contributed by atoms with E-state index in [0.29, 0.717) is 6.61 Å². The zero-order valence-corrected chi connectivity index (χ0v) is 12.8. The van der Waals surface area contributed by atoms with E-state index in [1.165, 1.54) is 11.1 Å². The second kappa shape index (κ2) is 7.81. The Hall–Kier alpha value is -1.84. The van der Waals surface area contributed by atoms with Crippen molar-refractivity contribution in [3.8, 4) is 5.75 Å². The van der Waals surface area contributed by atoms with Crippen molar-refractivity contribution >= 4 is 0 Å². The van der Waals surface area contributed by atoms with E-state index in [-0.39, 0.29) is 6.04 Å². The van der Waals surface area contributed by atoms with Crippen molar-refractivity contribution < 1.29 is 4.74 Å². The average Bonchev–Trinajstić information content (AvgIpc) is 2.54. The molecule has 2 rings (SSSR count). The van der Waals surface area contributed by atoms with Crippen LogP contribution in [0.2, 0.25) is 0 Å². The molecular weight excluding hydrogens is 260 g/mol. The Bertz CT molecular complexity index is 551. The fourth-order valence-electron chi connectivity index (χ4n) is 2.41. The minimum Gasteiger partial charge on any atom is -0.494 e. The maximum atomic E-state index is 5.74. The number of hydrogen-bond donors (Lipinski definition) is 2. The Kier molecular flexibility index (Phi) is 5.78. The van der Waals surface area contributed by atoms with E-state index in [4.69, 9.17) is 10.6 Å². The van der Waals surface area contributed by atoms with Gasteiger partial charge in [-0.3, -0.25) is 11.3 Å². The second-order valence-corrected chi connectivity index (χ2v) is 5.10. The first-order chi connectivity index (χ1) is 10.3. The first-order valence-electron chi connectivity index (χ1n) is 7.53. The highest BCUT2D eigenvalue weighted by Crippen LogP contribution is 2.22. The van der Waals surface area contributed by atoms with Gasteiger partial charge in [-0.25, -0.2) is 0 Å². The molecule has 3 N–H and O–H groups in total. The Morgan fingerprint density at radius 2 is 1.76 bits per heavy atom. The summed E-state index contributed by atoms with van der Waals surface area (Å²) in [6.45, 7) is 4.82. The lowest BCUT2D eigenvalue weighted by molar-refractivity contribution is 0.339. The van der Waals surface area contributed by atoms with Crippen molar-refractivity contribution in [2.75, 3.05) is 6.61 Å². The van der Waals surface area contributed by atoms with Crippen molar-refractivity contribution in [1.82, 2.24) is 5.43 Å². The molecule has 3 nitrogen and oxygen atoms in total. The third-order valence-electron chi connectivity index (χ3n) is 3.64. The molecule has 0 saturated heterocycles. The van der Waals surface area contributed by atoms with Crippen LogP contribution in [0.3, 0.4) is 0 Å². The number of benzene rings is 2. The molecule has 0 aliphatic carbocycles. The van der Waals surface area contributed by atoms with Gasteiger partial charge in [-0.2, -0.15) is 0 Å². The van der Waals surface area contributed by atoms with Crippen LogP contribution in [0.5, 0.6) is 5.75 Å². The Balaban J connectivity index is 2.12. The van der Waals surface area contributed by atoms with Crippen LogP contribution >= 0.6 is 0 Å². The second-order valence-electron chi connectivity index (χ2n) is 5.10. The third kappa shape index (κ3) is 4.31. The van der Waals surface area contributed by atoms with Gasteiger partial charge in [0.25, 0.3) is 0 Å². The molecule has 0 aliphatic rings. The van der Waals surface area contributed by atoms with Crippen LogP contribution < -0.4 is 16.0 Å². The van der Waals surface area contributed by atoms with E-state index in [1.54, 1.807) is 0 Å². The van der Waals surface area contributed by atoms with E-state index < -0.39 is 0 Å². The number of aryl methyl sites for hydroxylation is 1. The molecular formula is C18H24N2O. The zero-order valence-electron chi connectivity index (χ0n) is 12.8. The molecule has 0 radical (unpaired) electrons. The molecule has 0 bridgehead atoms. The number of rotatable bonds is 7. The van der Waals surface area contributed by atoms with E-state index >= 15 is 0 Å². The summed E-state index contributed by atoms with van der Waals surface area (Å²) in [6, 6.07) is 16.9. The summed E-state index contributed by atoms with van der Waals surface area (Å²) in [6.07, 6.45) is 1.92. The molecule has 0 heterocycles. The van der Waals surface area contributed by atoms with Crippen molar-refractivity contribution in [1.29, 1.82) is 0 Å². The summed E-state index contributed by atoms with van der Waals surface area (Å²) < 4.78 is 5.55. The number of nitrogens with one attached hydrogen (secondary N) is 1. The van der Waals surface area contributed by atoms with Gasteiger partial charge in [0.15, 0.2) is 0 Å². The number of nitrogens with two attached hydrogens (primary N) is 1. The van der Waals surface area contributed by atoms with Gasteiger partial charge in [0, 0.05) is 0 Å². The van der Waals surface area contributed by atoms with Crippen molar-refractivity contribution in [3.05, 3.63) is 65.2 Å². The predicted molar refractivity (Wildman–Crippen MR) is 87.2 cm³/mol. The highest BCUT2D eigenvalue weighted by Gasteiger charge is 2.11. The molecule has 21 heavy (non-hydrogen) atoms. The summed E-state index contributed by atoms with van der Waals surface area (Å²) >= 11 is 0. The molecule has 0 spiro atoms. The van der Waals surface area contributed by atoms with Crippen LogP contribution in [-0.2, 0) is 12.8 Å². The molecule has 2 aromatic rings. The van der Waals surface area contributed by atoms with Gasteiger partial charge in [-0.15, -0.1) is 0 Å². The summed E-state index contributed by atoms with van der Waals surface area (Å²) in [5.74, 6) is 6.63. The van der Waals surface area contributed by atoms with Gasteiger partial charge in [0.05, 0.1) is 12.6 Å². The van der Waals surface area contributed by atoms with Crippen molar-refractivity contribution in [2.24, 2.45) is 5.84 Å². The zero-order chi connectivity index (χ0) is 15.1. The number of hydrazine groups is 1. The van der Waals surface area contributed by atoms with Gasteiger partial charge in [0.1, 0.15) is 5.75 Å². The molecule has 0 amide bonds. The topological polar surface area (TPSA) is 47.3 Å². The largest absolute Gasteiger partial charge is 0.494 e. The molecule has 0 aromatic heterocycles. The SMILES string of the molecule is CCOc1cccc(C(Cc2ccc(CC)cc2)NN)c1. The molecule has 0 fully saturated rings. The van der Waals surface area contributed by atoms with Crippen molar-refractivity contribution in [3.63, 3.8) is 0 Å². The standard InChI is InChI=1S/C18H24N2O/c1-3-14-8-10-15(11-9-14)12-18(20-19)16-6-5-7-17(13-16)21-4-2/h5-11,13,18,20H,3-4,12,19H2,1-2H3. The summed E-state index contributed by atoms with van der Waals surface area (Å²) in [5.41, 5.74) is 6.68. The minimum absolute atomic E-state index is 0.0814. The fourth-order valence-corrected chi connectivity index (χ4v) is 2.41. The normalized spacial score (nSPS) is 12.1.